The van der Waals surface area contributed by atoms with Gasteiger partial charge in [0.25, 0.3) is 0 Å². The first-order chi connectivity index (χ1) is 9.32. The summed E-state index contributed by atoms with van der Waals surface area (Å²) in [7, 11) is 0. The highest BCUT2D eigenvalue weighted by Gasteiger charge is 2.31. The molecule has 1 fully saturated rings. The Morgan fingerprint density at radius 2 is 2.10 bits per heavy atom. The van der Waals surface area contributed by atoms with Crippen molar-refractivity contribution in [3.63, 3.8) is 0 Å². The fourth-order valence-electron chi connectivity index (χ4n) is 2.08. The maximum atomic E-state index is 12.2. The molecule has 0 aromatic rings. The number of nitrogens with zero attached hydrogens (tertiary/aromatic N) is 1. The molecule has 114 valence electrons. The molecule has 1 aliphatic heterocycles. The van der Waals surface area contributed by atoms with Crippen molar-refractivity contribution in [2.75, 3.05) is 18.1 Å². The van der Waals surface area contributed by atoms with E-state index in [0.29, 0.717) is 12.3 Å². The molecule has 8 heteroatoms. The molecular weight excluding hydrogens is 282 g/mol. The number of hydrogen-bond acceptors (Lipinski definition) is 4. The zero-order valence-electron chi connectivity index (χ0n) is 11.7. The lowest BCUT2D eigenvalue weighted by Crippen LogP contribution is -2.56. The standard InChI is InChI=1S/C12H21N3O4S/c1-7(2)10(11(13)18)14-12(19)15-3-4-20-6-8(15)5-9(16)17/h7-8,10H,3-6H2,1-2H3,(H2,13,18)(H,14,19)(H,16,17). The highest BCUT2D eigenvalue weighted by Crippen LogP contribution is 2.19. The maximum absolute atomic E-state index is 12.2. The molecule has 0 spiro atoms. The van der Waals surface area contributed by atoms with Gasteiger partial charge >= 0.3 is 12.0 Å². The van der Waals surface area contributed by atoms with Crippen LogP contribution in [0.25, 0.3) is 0 Å². The normalized spacial score (nSPS) is 20.6. The minimum atomic E-state index is -0.939. The Balaban J connectivity index is 2.71. The summed E-state index contributed by atoms with van der Waals surface area (Å²) >= 11 is 1.62. The van der Waals surface area contributed by atoms with Crippen molar-refractivity contribution in [2.24, 2.45) is 11.7 Å². The molecule has 1 aliphatic rings. The molecule has 7 nitrogen and oxygen atoms in total. The summed E-state index contributed by atoms with van der Waals surface area (Å²) in [5.74, 6) is -0.302. The van der Waals surface area contributed by atoms with Crippen molar-refractivity contribution in [3.8, 4) is 0 Å². The number of carbonyl (C=O) groups excluding carboxylic acids is 2. The highest BCUT2D eigenvalue weighted by atomic mass is 32.2. The number of hydrogen-bond donors (Lipinski definition) is 3. The predicted octanol–water partition coefficient (Wildman–Crippen LogP) is 0.0980. The Kier molecular flexibility index (Phi) is 6.12. The number of aliphatic carboxylic acids is 1. The van der Waals surface area contributed by atoms with Crippen LogP contribution < -0.4 is 11.1 Å². The van der Waals surface area contributed by atoms with Gasteiger partial charge in [-0.25, -0.2) is 4.79 Å². The molecule has 1 saturated heterocycles. The van der Waals surface area contributed by atoms with E-state index >= 15 is 0 Å². The Morgan fingerprint density at radius 3 is 2.60 bits per heavy atom. The summed E-state index contributed by atoms with van der Waals surface area (Å²) < 4.78 is 0. The van der Waals surface area contributed by atoms with E-state index in [9.17, 15) is 14.4 Å². The van der Waals surface area contributed by atoms with Crippen LogP contribution in [0.15, 0.2) is 0 Å². The second-order valence-electron chi connectivity index (χ2n) is 5.09. The first-order valence-corrected chi connectivity index (χ1v) is 7.64. The SMILES string of the molecule is CC(C)C(NC(=O)N1CCSCC1CC(=O)O)C(N)=O. The van der Waals surface area contributed by atoms with E-state index in [1.165, 1.54) is 4.90 Å². The maximum Gasteiger partial charge on any atom is 0.318 e. The lowest BCUT2D eigenvalue weighted by Gasteiger charge is -2.35. The molecule has 0 bridgehead atoms. The number of amides is 3. The lowest BCUT2D eigenvalue weighted by atomic mass is 10.0. The van der Waals surface area contributed by atoms with E-state index in [-0.39, 0.29) is 18.4 Å². The Morgan fingerprint density at radius 1 is 1.45 bits per heavy atom. The van der Waals surface area contributed by atoms with Crippen LogP contribution in [0.4, 0.5) is 4.79 Å². The third-order valence-corrected chi connectivity index (χ3v) is 4.24. The van der Waals surface area contributed by atoms with Gasteiger partial charge in [0, 0.05) is 18.1 Å². The van der Waals surface area contributed by atoms with Gasteiger partial charge in [-0.15, -0.1) is 0 Å². The van der Waals surface area contributed by atoms with Gasteiger partial charge in [0.15, 0.2) is 0 Å². The number of thioether (sulfide) groups is 1. The Labute approximate surface area is 122 Å². The number of carbonyl (C=O) groups is 3. The average Bonchev–Trinajstić information content (AvgIpc) is 2.34. The third kappa shape index (κ3) is 4.59. The molecule has 2 unspecified atom stereocenters. The van der Waals surface area contributed by atoms with Gasteiger partial charge in [-0.1, -0.05) is 13.8 Å². The van der Waals surface area contributed by atoms with Crippen molar-refractivity contribution in [1.82, 2.24) is 10.2 Å². The van der Waals surface area contributed by atoms with E-state index in [0.717, 1.165) is 5.75 Å². The third-order valence-electron chi connectivity index (χ3n) is 3.15. The van der Waals surface area contributed by atoms with E-state index in [2.05, 4.69) is 5.32 Å². The first-order valence-electron chi connectivity index (χ1n) is 6.49. The molecule has 3 amide bonds. The second kappa shape index (κ2) is 7.37. The Hall–Kier alpha value is -1.44. The fraction of sp³-hybridized carbons (Fsp3) is 0.750. The molecule has 0 aliphatic carbocycles. The minimum Gasteiger partial charge on any atom is -0.481 e. The molecule has 0 radical (unpaired) electrons. The average molecular weight is 303 g/mol. The highest BCUT2D eigenvalue weighted by molar-refractivity contribution is 7.99. The molecule has 0 aromatic heterocycles. The number of nitrogens with two attached hydrogens (primary N) is 1. The van der Waals surface area contributed by atoms with Crippen molar-refractivity contribution in [2.45, 2.75) is 32.4 Å². The van der Waals surface area contributed by atoms with Crippen molar-refractivity contribution >= 4 is 29.7 Å². The summed E-state index contributed by atoms with van der Waals surface area (Å²) in [4.78, 5) is 35.8. The van der Waals surface area contributed by atoms with Gasteiger partial charge < -0.3 is 21.1 Å². The molecule has 0 aromatic carbocycles. The van der Waals surface area contributed by atoms with Crippen LogP contribution in [0.2, 0.25) is 0 Å². The van der Waals surface area contributed by atoms with Gasteiger partial charge in [-0.05, 0) is 5.92 Å². The monoisotopic (exact) mass is 303 g/mol. The topological polar surface area (TPSA) is 113 Å². The number of primary amides is 1. The van der Waals surface area contributed by atoms with Crippen molar-refractivity contribution in [1.29, 1.82) is 0 Å². The predicted molar refractivity (Wildman–Crippen MR) is 76.4 cm³/mol. The van der Waals surface area contributed by atoms with Crippen LogP contribution in [0, 0.1) is 5.92 Å². The zero-order valence-corrected chi connectivity index (χ0v) is 12.5. The summed E-state index contributed by atoms with van der Waals surface area (Å²) in [6, 6.07) is -1.52. The van der Waals surface area contributed by atoms with Crippen LogP contribution in [0.5, 0.6) is 0 Å². The van der Waals surface area contributed by atoms with Crippen LogP contribution >= 0.6 is 11.8 Å². The summed E-state index contributed by atoms with van der Waals surface area (Å²) in [6.45, 7) is 4.05. The summed E-state index contributed by atoms with van der Waals surface area (Å²) in [5.41, 5.74) is 5.26. The number of carboxylic acid groups (broad SMARTS) is 1. The van der Waals surface area contributed by atoms with E-state index in [1.807, 2.05) is 0 Å². The van der Waals surface area contributed by atoms with Gasteiger partial charge in [0.05, 0.1) is 12.5 Å². The summed E-state index contributed by atoms with van der Waals surface area (Å²) in [6.07, 6.45) is -0.0939. The van der Waals surface area contributed by atoms with Crippen LogP contribution in [0.3, 0.4) is 0 Å². The van der Waals surface area contributed by atoms with E-state index in [1.54, 1.807) is 25.6 Å². The molecule has 20 heavy (non-hydrogen) atoms. The van der Waals surface area contributed by atoms with E-state index < -0.39 is 23.9 Å². The Bertz CT molecular complexity index is 389. The smallest absolute Gasteiger partial charge is 0.318 e. The summed E-state index contributed by atoms with van der Waals surface area (Å²) in [5, 5.41) is 11.5. The van der Waals surface area contributed by atoms with Crippen LogP contribution in [0.1, 0.15) is 20.3 Å². The molecule has 1 heterocycles. The quantitative estimate of drug-likeness (QED) is 0.666. The molecule has 2 atom stereocenters. The van der Waals surface area contributed by atoms with Crippen LogP contribution in [-0.2, 0) is 9.59 Å². The fourth-order valence-corrected chi connectivity index (χ4v) is 3.14. The largest absolute Gasteiger partial charge is 0.481 e. The number of carboxylic acids is 1. The van der Waals surface area contributed by atoms with Gasteiger partial charge in [-0.3, -0.25) is 9.59 Å². The van der Waals surface area contributed by atoms with Crippen molar-refractivity contribution < 1.29 is 19.5 Å². The van der Waals surface area contributed by atoms with Gasteiger partial charge in [0.1, 0.15) is 6.04 Å². The molecular formula is C12H21N3O4S. The molecule has 0 saturated carbocycles. The minimum absolute atomic E-state index is 0.0939. The van der Waals surface area contributed by atoms with Gasteiger partial charge in [0.2, 0.25) is 5.91 Å². The first kappa shape index (κ1) is 16.6. The molecule has 4 N–H and O–H groups in total. The second-order valence-corrected chi connectivity index (χ2v) is 6.24. The lowest BCUT2D eigenvalue weighted by molar-refractivity contribution is -0.138. The number of urea groups is 1. The van der Waals surface area contributed by atoms with Crippen molar-refractivity contribution in [3.05, 3.63) is 0 Å². The number of rotatable bonds is 5. The van der Waals surface area contributed by atoms with Crippen LogP contribution in [-0.4, -0.2) is 58.0 Å². The van der Waals surface area contributed by atoms with Gasteiger partial charge in [-0.2, -0.15) is 11.8 Å². The zero-order chi connectivity index (χ0) is 15.3. The van der Waals surface area contributed by atoms with E-state index in [4.69, 9.17) is 10.8 Å². The molecule has 1 rings (SSSR count). The number of nitrogens with one attached hydrogen (secondary N) is 1.